The average Bonchev–Trinajstić information content (AvgIpc) is 2.84. The maximum Gasteiger partial charge on any atom is 0.185 e. The summed E-state index contributed by atoms with van der Waals surface area (Å²) in [5.74, 6) is 0. The van der Waals surface area contributed by atoms with E-state index >= 15 is 0 Å². The van der Waals surface area contributed by atoms with Gasteiger partial charge in [-0.05, 0) is 26.0 Å². The van der Waals surface area contributed by atoms with Crippen molar-refractivity contribution in [2.75, 3.05) is 23.7 Å². The monoisotopic (exact) mass is 281 g/mol. The van der Waals surface area contributed by atoms with Crippen LogP contribution < -0.4 is 10.6 Å². The predicted octanol–water partition coefficient (Wildman–Crippen LogP) is 3.89. The molecule has 1 aromatic heterocycles. The molecule has 0 saturated carbocycles. The number of hydrogen-bond donors (Lipinski definition) is 1. The fourth-order valence-electron chi connectivity index (χ4n) is 1.74. The Morgan fingerprint density at radius 1 is 1.33 bits per heavy atom. The molecule has 2 N–H and O–H groups in total. The van der Waals surface area contributed by atoms with E-state index in [9.17, 15) is 0 Å². The molecule has 0 atom stereocenters. The van der Waals surface area contributed by atoms with Crippen LogP contribution in [0.15, 0.2) is 23.6 Å². The first kappa shape index (κ1) is 13.2. The van der Waals surface area contributed by atoms with Gasteiger partial charge in [-0.3, -0.25) is 0 Å². The first-order valence-corrected chi connectivity index (χ1v) is 7.17. The number of nitrogens with two attached hydrogens (primary N) is 1. The smallest absolute Gasteiger partial charge is 0.185 e. The number of nitrogen functional groups attached to an aromatic ring is 1. The molecule has 1 aromatic carbocycles. The molecule has 0 aliphatic rings. The van der Waals surface area contributed by atoms with Gasteiger partial charge in [-0.15, -0.1) is 11.3 Å². The van der Waals surface area contributed by atoms with E-state index in [0.29, 0.717) is 10.7 Å². The zero-order valence-electron chi connectivity index (χ0n) is 10.5. The Hall–Kier alpha value is -1.26. The highest BCUT2D eigenvalue weighted by Crippen LogP contribution is 2.30. The van der Waals surface area contributed by atoms with Crippen LogP contribution in [-0.4, -0.2) is 18.1 Å². The fourth-order valence-corrected chi connectivity index (χ4v) is 2.82. The number of hydrogen-bond acceptors (Lipinski definition) is 4. The van der Waals surface area contributed by atoms with E-state index in [0.717, 1.165) is 29.5 Å². The summed E-state index contributed by atoms with van der Waals surface area (Å²) in [6, 6.07) is 5.62. The molecule has 0 aliphatic heterocycles. The molecule has 0 saturated heterocycles. The lowest BCUT2D eigenvalue weighted by molar-refractivity contribution is 0.860. The van der Waals surface area contributed by atoms with Gasteiger partial charge in [0.25, 0.3) is 0 Å². The van der Waals surface area contributed by atoms with Crippen LogP contribution in [0.3, 0.4) is 0 Å². The molecule has 1 heterocycles. The second-order valence-electron chi connectivity index (χ2n) is 3.92. The molecule has 18 heavy (non-hydrogen) atoms. The lowest BCUT2D eigenvalue weighted by Gasteiger charge is -2.16. The van der Waals surface area contributed by atoms with E-state index in [1.165, 1.54) is 0 Å². The Balaban J connectivity index is 2.31. The molecule has 0 unspecified atom stereocenters. The molecule has 96 valence electrons. The second-order valence-corrected chi connectivity index (χ2v) is 5.17. The van der Waals surface area contributed by atoms with Gasteiger partial charge in [-0.25, -0.2) is 4.98 Å². The van der Waals surface area contributed by atoms with Crippen LogP contribution in [0.2, 0.25) is 5.02 Å². The Bertz CT molecular complexity index is 535. The third-order valence-electron chi connectivity index (χ3n) is 2.82. The minimum absolute atomic E-state index is 0.581. The fraction of sp³-hybridized carbons (Fsp3) is 0.308. The Kier molecular flexibility index (Phi) is 4.09. The molecule has 0 spiro atoms. The molecule has 2 rings (SSSR count). The average molecular weight is 282 g/mol. The highest BCUT2D eigenvalue weighted by Gasteiger charge is 2.09. The van der Waals surface area contributed by atoms with Crippen molar-refractivity contribution < 1.29 is 0 Å². The van der Waals surface area contributed by atoms with E-state index in [1.54, 1.807) is 11.3 Å². The molecule has 0 fully saturated rings. The zero-order chi connectivity index (χ0) is 13.1. The molecule has 0 bridgehead atoms. The van der Waals surface area contributed by atoms with Crippen molar-refractivity contribution in [2.24, 2.45) is 0 Å². The van der Waals surface area contributed by atoms with E-state index in [2.05, 4.69) is 29.1 Å². The van der Waals surface area contributed by atoms with Crippen LogP contribution >= 0.6 is 22.9 Å². The third-order valence-corrected chi connectivity index (χ3v) is 4.06. The summed E-state index contributed by atoms with van der Waals surface area (Å²) in [4.78, 5) is 6.87. The van der Waals surface area contributed by atoms with Gasteiger partial charge in [-0.1, -0.05) is 17.7 Å². The predicted molar refractivity (Wildman–Crippen MR) is 80.5 cm³/mol. The van der Waals surface area contributed by atoms with Crippen molar-refractivity contribution in [3.8, 4) is 11.3 Å². The number of anilines is 2. The van der Waals surface area contributed by atoms with Gasteiger partial charge >= 0.3 is 0 Å². The van der Waals surface area contributed by atoms with Gasteiger partial charge in [0, 0.05) is 24.0 Å². The lowest BCUT2D eigenvalue weighted by atomic mass is 10.1. The summed E-state index contributed by atoms with van der Waals surface area (Å²) in [6.45, 7) is 6.19. The summed E-state index contributed by atoms with van der Waals surface area (Å²) in [7, 11) is 0. The van der Waals surface area contributed by atoms with Gasteiger partial charge in [0.1, 0.15) is 0 Å². The van der Waals surface area contributed by atoms with Crippen molar-refractivity contribution in [1.82, 2.24) is 4.98 Å². The first-order valence-electron chi connectivity index (χ1n) is 5.91. The van der Waals surface area contributed by atoms with E-state index in [4.69, 9.17) is 17.3 Å². The summed E-state index contributed by atoms with van der Waals surface area (Å²) in [5, 5.41) is 3.68. The summed E-state index contributed by atoms with van der Waals surface area (Å²) >= 11 is 7.57. The Morgan fingerprint density at radius 2 is 2.06 bits per heavy atom. The highest BCUT2D eigenvalue weighted by molar-refractivity contribution is 7.14. The Morgan fingerprint density at radius 3 is 2.67 bits per heavy atom. The number of rotatable bonds is 4. The number of aromatic nitrogens is 1. The van der Waals surface area contributed by atoms with Gasteiger partial charge in [-0.2, -0.15) is 0 Å². The van der Waals surface area contributed by atoms with Gasteiger partial charge < -0.3 is 10.6 Å². The number of thiazole rings is 1. The first-order chi connectivity index (χ1) is 8.65. The van der Waals surface area contributed by atoms with Crippen molar-refractivity contribution in [3.05, 3.63) is 28.6 Å². The quantitative estimate of drug-likeness (QED) is 0.865. The summed E-state index contributed by atoms with van der Waals surface area (Å²) in [5.41, 5.74) is 8.35. The van der Waals surface area contributed by atoms with Crippen molar-refractivity contribution in [1.29, 1.82) is 0 Å². The van der Waals surface area contributed by atoms with Crippen molar-refractivity contribution in [2.45, 2.75) is 13.8 Å². The normalized spacial score (nSPS) is 10.6. The van der Waals surface area contributed by atoms with Crippen molar-refractivity contribution >= 4 is 33.8 Å². The molecule has 0 radical (unpaired) electrons. The van der Waals surface area contributed by atoms with Crippen LogP contribution in [0.25, 0.3) is 11.3 Å². The van der Waals surface area contributed by atoms with E-state index in [1.807, 2.05) is 18.2 Å². The number of halogens is 1. The molecular formula is C13H16ClN3S. The number of benzene rings is 1. The van der Waals surface area contributed by atoms with Crippen LogP contribution in [-0.2, 0) is 0 Å². The highest BCUT2D eigenvalue weighted by atomic mass is 35.5. The number of nitrogens with zero attached hydrogens (tertiary/aromatic N) is 2. The minimum atomic E-state index is 0.581. The van der Waals surface area contributed by atoms with Gasteiger partial charge in [0.15, 0.2) is 5.13 Å². The van der Waals surface area contributed by atoms with Crippen LogP contribution in [0, 0.1) is 0 Å². The minimum Gasteiger partial charge on any atom is -0.398 e. The van der Waals surface area contributed by atoms with E-state index in [-0.39, 0.29) is 0 Å². The molecule has 5 heteroatoms. The summed E-state index contributed by atoms with van der Waals surface area (Å²) in [6.07, 6.45) is 0. The van der Waals surface area contributed by atoms with E-state index < -0.39 is 0 Å². The second kappa shape index (κ2) is 5.59. The lowest BCUT2D eigenvalue weighted by Crippen LogP contribution is -2.21. The van der Waals surface area contributed by atoms with Crippen LogP contribution in [0.5, 0.6) is 0 Å². The van der Waals surface area contributed by atoms with Gasteiger partial charge in [0.05, 0.1) is 16.4 Å². The standard InChI is InChI=1S/C13H16ClN3S/c1-3-17(4-2)13-16-12(8-18-13)9-5-6-10(14)11(15)7-9/h5-8H,3-4,15H2,1-2H3. The molecular weight excluding hydrogens is 266 g/mol. The topological polar surface area (TPSA) is 42.2 Å². The van der Waals surface area contributed by atoms with Crippen molar-refractivity contribution in [3.63, 3.8) is 0 Å². The summed E-state index contributed by atoms with van der Waals surface area (Å²) < 4.78 is 0. The SMILES string of the molecule is CCN(CC)c1nc(-c2ccc(Cl)c(N)c2)cs1. The molecule has 3 nitrogen and oxygen atoms in total. The third kappa shape index (κ3) is 2.60. The molecule has 0 aliphatic carbocycles. The van der Waals surface area contributed by atoms with Gasteiger partial charge in [0.2, 0.25) is 0 Å². The maximum absolute atomic E-state index is 5.92. The zero-order valence-corrected chi connectivity index (χ0v) is 12.1. The Labute approximate surface area is 116 Å². The molecule has 2 aromatic rings. The molecule has 0 amide bonds. The van der Waals surface area contributed by atoms with Crippen LogP contribution in [0.1, 0.15) is 13.8 Å². The maximum atomic E-state index is 5.92. The van der Waals surface area contributed by atoms with Crippen LogP contribution in [0.4, 0.5) is 10.8 Å². The largest absolute Gasteiger partial charge is 0.398 e.